The first-order chi connectivity index (χ1) is 4.31. The summed E-state index contributed by atoms with van der Waals surface area (Å²) in [7, 11) is 0. The zero-order valence-electron chi connectivity index (χ0n) is 6.20. The molecule has 0 amide bonds. The van der Waals surface area contributed by atoms with E-state index in [0.29, 0.717) is 0 Å². The molecule has 0 fully saturated rings. The van der Waals surface area contributed by atoms with Gasteiger partial charge in [-0.25, -0.2) is 0 Å². The number of unbranched alkanes of at least 4 members (excludes halogenated alkanes) is 2. The number of hydrogen-bond donors (Lipinski definition) is 0. The molecule has 0 spiro atoms. The molecule has 9 heavy (non-hydrogen) atoms. The maximum atomic E-state index is 3.86. The SMILES string of the molecule is [CH2]CC(I)CCCCC. The molecule has 0 nitrogen and oxygen atoms in total. The number of halogens is 1. The maximum Gasteiger partial charge on any atom is 0.0110 e. The summed E-state index contributed by atoms with van der Waals surface area (Å²) in [6, 6.07) is 0. The van der Waals surface area contributed by atoms with Crippen LogP contribution in [0.1, 0.15) is 39.0 Å². The minimum Gasteiger partial charge on any atom is -0.0826 e. The van der Waals surface area contributed by atoms with Gasteiger partial charge in [-0.3, -0.25) is 0 Å². The highest BCUT2D eigenvalue weighted by atomic mass is 127. The fourth-order valence-corrected chi connectivity index (χ4v) is 1.20. The molecule has 1 heteroatoms. The minimum atomic E-state index is 0.814. The normalized spacial score (nSPS) is 13.7. The van der Waals surface area contributed by atoms with E-state index in [4.69, 9.17) is 0 Å². The van der Waals surface area contributed by atoms with Crippen LogP contribution >= 0.6 is 22.6 Å². The molecule has 0 aliphatic heterocycles. The van der Waals surface area contributed by atoms with Crippen molar-refractivity contribution in [2.75, 3.05) is 0 Å². The molecule has 1 atom stereocenters. The second kappa shape index (κ2) is 6.84. The Labute approximate surface area is 72.6 Å². The zero-order chi connectivity index (χ0) is 7.11. The van der Waals surface area contributed by atoms with Crippen LogP contribution in [0, 0.1) is 6.92 Å². The molecule has 0 aromatic carbocycles. The van der Waals surface area contributed by atoms with Gasteiger partial charge in [-0.05, 0) is 12.8 Å². The third-order valence-electron chi connectivity index (χ3n) is 1.43. The van der Waals surface area contributed by atoms with Gasteiger partial charge in [0.1, 0.15) is 0 Å². The monoisotopic (exact) mass is 239 g/mol. The van der Waals surface area contributed by atoms with Gasteiger partial charge in [-0.15, -0.1) is 0 Å². The van der Waals surface area contributed by atoms with E-state index in [9.17, 15) is 0 Å². The maximum absolute atomic E-state index is 3.86. The van der Waals surface area contributed by atoms with E-state index in [1.54, 1.807) is 0 Å². The van der Waals surface area contributed by atoms with E-state index >= 15 is 0 Å². The predicted molar refractivity (Wildman–Crippen MR) is 51.9 cm³/mol. The van der Waals surface area contributed by atoms with Gasteiger partial charge in [-0.2, -0.15) is 0 Å². The second-order valence-electron chi connectivity index (χ2n) is 2.38. The van der Waals surface area contributed by atoms with Gasteiger partial charge in [0.15, 0.2) is 0 Å². The summed E-state index contributed by atoms with van der Waals surface area (Å²) in [5.74, 6) is 0. The molecule has 0 saturated heterocycles. The summed E-state index contributed by atoms with van der Waals surface area (Å²) >= 11 is 2.48. The second-order valence-corrected chi connectivity index (χ2v) is 4.14. The Bertz CT molecular complexity index is 52.5. The van der Waals surface area contributed by atoms with Crippen molar-refractivity contribution in [1.29, 1.82) is 0 Å². The van der Waals surface area contributed by atoms with Crippen LogP contribution in [0.15, 0.2) is 0 Å². The van der Waals surface area contributed by atoms with Crippen LogP contribution in [-0.2, 0) is 0 Å². The summed E-state index contributed by atoms with van der Waals surface area (Å²) in [4.78, 5) is 0. The Hall–Kier alpha value is 0.730. The molecule has 0 aromatic rings. The van der Waals surface area contributed by atoms with Gasteiger partial charge in [0.2, 0.25) is 0 Å². The Balaban J connectivity index is 2.88. The predicted octanol–water partition coefficient (Wildman–Crippen LogP) is 3.59. The van der Waals surface area contributed by atoms with E-state index in [2.05, 4.69) is 36.4 Å². The summed E-state index contributed by atoms with van der Waals surface area (Å²) in [6.45, 7) is 6.10. The Morgan fingerprint density at radius 2 is 2.11 bits per heavy atom. The van der Waals surface area contributed by atoms with E-state index in [-0.39, 0.29) is 0 Å². The minimum absolute atomic E-state index is 0.814. The van der Waals surface area contributed by atoms with Crippen molar-refractivity contribution < 1.29 is 0 Å². The molecule has 1 unspecified atom stereocenters. The number of alkyl halides is 1. The van der Waals surface area contributed by atoms with E-state index in [1.807, 2.05) is 0 Å². The topological polar surface area (TPSA) is 0 Å². The summed E-state index contributed by atoms with van der Waals surface area (Å²) in [5, 5.41) is 0. The molecule has 0 saturated carbocycles. The molecular formula is C8H16I. The molecule has 0 aliphatic carbocycles. The average Bonchev–Trinajstić information content (AvgIpc) is 1.89. The van der Waals surface area contributed by atoms with Crippen LogP contribution in [0.3, 0.4) is 0 Å². The summed E-state index contributed by atoms with van der Waals surface area (Å²) in [5.41, 5.74) is 0. The van der Waals surface area contributed by atoms with Crippen molar-refractivity contribution >= 4 is 22.6 Å². The van der Waals surface area contributed by atoms with Crippen molar-refractivity contribution in [1.82, 2.24) is 0 Å². The molecule has 0 aromatic heterocycles. The van der Waals surface area contributed by atoms with Crippen LogP contribution in [0.25, 0.3) is 0 Å². The lowest BCUT2D eigenvalue weighted by Gasteiger charge is -2.03. The Kier molecular flexibility index (Phi) is 7.40. The van der Waals surface area contributed by atoms with Gasteiger partial charge in [0, 0.05) is 3.92 Å². The molecule has 0 aliphatic rings. The van der Waals surface area contributed by atoms with Crippen LogP contribution in [0.2, 0.25) is 0 Å². The first kappa shape index (κ1) is 9.73. The van der Waals surface area contributed by atoms with Gasteiger partial charge in [0.05, 0.1) is 0 Å². The molecule has 55 valence electrons. The largest absolute Gasteiger partial charge is 0.0826 e. The van der Waals surface area contributed by atoms with Crippen molar-refractivity contribution in [2.45, 2.75) is 43.0 Å². The van der Waals surface area contributed by atoms with E-state index in [0.717, 1.165) is 10.3 Å². The number of hydrogen-bond acceptors (Lipinski definition) is 0. The summed E-state index contributed by atoms with van der Waals surface area (Å²) in [6.07, 6.45) is 6.56. The van der Waals surface area contributed by atoms with Crippen LogP contribution in [0.4, 0.5) is 0 Å². The van der Waals surface area contributed by atoms with E-state index < -0.39 is 0 Å². The van der Waals surface area contributed by atoms with E-state index in [1.165, 1.54) is 25.7 Å². The van der Waals surface area contributed by atoms with Gasteiger partial charge in [-0.1, -0.05) is 55.7 Å². The molecular weight excluding hydrogens is 223 g/mol. The smallest absolute Gasteiger partial charge is 0.0110 e. The lowest BCUT2D eigenvalue weighted by Crippen LogP contribution is -1.93. The lowest BCUT2D eigenvalue weighted by atomic mass is 10.1. The average molecular weight is 239 g/mol. The van der Waals surface area contributed by atoms with Crippen molar-refractivity contribution in [3.05, 3.63) is 6.92 Å². The van der Waals surface area contributed by atoms with Gasteiger partial charge >= 0.3 is 0 Å². The molecule has 0 rings (SSSR count). The third kappa shape index (κ3) is 6.62. The van der Waals surface area contributed by atoms with Gasteiger partial charge in [0.25, 0.3) is 0 Å². The first-order valence-corrected chi connectivity index (χ1v) is 4.99. The highest BCUT2D eigenvalue weighted by molar-refractivity contribution is 14.1. The van der Waals surface area contributed by atoms with Crippen LogP contribution < -0.4 is 0 Å². The van der Waals surface area contributed by atoms with Crippen molar-refractivity contribution in [2.24, 2.45) is 0 Å². The fraction of sp³-hybridized carbons (Fsp3) is 0.875. The third-order valence-corrected chi connectivity index (χ3v) is 2.68. The molecule has 0 N–H and O–H groups in total. The van der Waals surface area contributed by atoms with Crippen molar-refractivity contribution in [3.8, 4) is 0 Å². The van der Waals surface area contributed by atoms with Crippen molar-refractivity contribution in [3.63, 3.8) is 0 Å². The Morgan fingerprint density at radius 1 is 1.44 bits per heavy atom. The highest BCUT2D eigenvalue weighted by Crippen LogP contribution is 2.13. The lowest BCUT2D eigenvalue weighted by molar-refractivity contribution is 0.657. The quantitative estimate of drug-likeness (QED) is 0.390. The molecule has 0 bridgehead atoms. The fourth-order valence-electron chi connectivity index (χ4n) is 0.760. The summed E-state index contributed by atoms with van der Waals surface area (Å²) < 4.78 is 0.814. The Morgan fingerprint density at radius 3 is 2.56 bits per heavy atom. The van der Waals surface area contributed by atoms with Crippen LogP contribution in [-0.4, -0.2) is 3.92 Å². The van der Waals surface area contributed by atoms with Gasteiger partial charge < -0.3 is 0 Å². The van der Waals surface area contributed by atoms with Crippen LogP contribution in [0.5, 0.6) is 0 Å². The highest BCUT2D eigenvalue weighted by Gasteiger charge is 1.97. The first-order valence-electron chi connectivity index (χ1n) is 3.74. The standard InChI is InChI=1S/C8H16I/c1-3-5-6-7-8(9)4-2/h8H,2-7H2,1H3. The number of rotatable bonds is 5. The molecule has 1 radical (unpaired) electrons. The zero-order valence-corrected chi connectivity index (χ0v) is 8.36. The molecule has 0 heterocycles.